The minimum Gasteiger partial charge on any atom is -0.480 e. The van der Waals surface area contributed by atoms with Crippen molar-refractivity contribution in [3.63, 3.8) is 0 Å². The molecule has 2 atom stereocenters. The first-order valence-corrected chi connectivity index (χ1v) is 6.45. The summed E-state index contributed by atoms with van der Waals surface area (Å²) in [6.45, 7) is -0.183. The van der Waals surface area contributed by atoms with Gasteiger partial charge in [-0.1, -0.05) is 0 Å². The summed E-state index contributed by atoms with van der Waals surface area (Å²) in [7, 11) is 1.16. The number of hydrogen-bond donors (Lipinski definition) is 3. The molecule has 0 bridgehead atoms. The highest BCUT2D eigenvalue weighted by atomic mass is 16.5. The lowest BCUT2D eigenvalue weighted by Gasteiger charge is -2.32. The van der Waals surface area contributed by atoms with Crippen LogP contribution in [0.2, 0.25) is 0 Å². The molecule has 1 unspecified atom stereocenters. The fraction of sp³-hybridized carbons (Fsp3) is 0.667. The molecule has 3 N–H and O–H groups in total. The van der Waals surface area contributed by atoms with E-state index in [1.165, 1.54) is 0 Å². The van der Waals surface area contributed by atoms with Crippen LogP contribution in [0.3, 0.4) is 0 Å². The van der Waals surface area contributed by atoms with Gasteiger partial charge in [-0.15, -0.1) is 0 Å². The Bertz CT molecular complexity index is 437. The van der Waals surface area contributed by atoms with Crippen LogP contribution in [0, 0.1) is 0 Å². The van der Waals surface area contributed by atoms with Crippen molar-refractivity contribution in [3.8, 4) is 0 Å². The minimum atomic E-state index is -1.27. The van der Waals surface area contributed by atoms with Crippen molar-refractivity contribution in [2.24, 2.45) is 0 Å². The van der Waals surface area contributed by atoms with E-state index in [4.69, 9.17) is 10.2 Å². The molecule has 1 fully saturated rings. The first kappa shape index (κ1) is 16.9. The number of aliphatic carboxylic acids is 2. The molecule has 0 radical (unpaired) electrons. The van der Waals surface area contributed by atoms with Gasteiger partial charge in [-0.3, -0.25) is 9.59 Å². The van der Waals surface area contributed by atoms with Crippen LogP contribution in [0.4, 0.5) is 0 Å². The smallest absolute Gasteiger partial charge is 0.334 e. The fourth-order valence-corrected chi connectivity index (χ4v) is 2.09. The van der Waals surface area contributed by atoms with Gasteiger partial charge in [0.25, 0.3) is 0 Å². The summed E-state index contributed by atoms with van der Waals surface area (Å²) in [4.78, 5) is 46.4. The SMILES string of the molecule is COC(CNC(=O)C(=O)N1CCCC[C@H]1C(=O)O)C(=O)O. The molecule has 1 rings (SSSR count). The number of rotatable bonds is 5. The van der Waals surface area contributed by atoms with E-state index in [0.717, 1.165) is 12.0 Å². The molecule has 118 valence electrons. The highest BCUT2D eigenvalue weighted by Crippen LogP contribution is 2.17. The van der Waals surface area contributed by atoms with Gasteiger partial charge in [0, 0.05) is 13.7 Å². The average Bonchev–Trinajstić information content (AvgIpc) is 2.46. The number of methoxy groups -OCH3 is 1. The Morgan fingerprint density at radius 3 is 2.48 bits per heavy atom. The molecule has 0 aliphatic carbocycles. The van der Waals surface area contributed by atoms with Gasteiger partial charge in [-0.25, -0.2) is 9.59 Å². The molecule has 21 heavy (non-hydrogen) atoms. The van der Waals surface area contributed by atoms with Crippen LogP contribution in [0.25, 0.3) is 0 Å². The molecule has 0 spiro atoms. The number of nitrogens with one attached hydrogen (secondary N) is 1. The highest BCUT2D eigenvalue weighted by Gasteiger charge is 2.35. The second-order valence-corrected chi connectivity index (χ2v) is 4.62. The van der Waals surface area contributed by atoms with Crippen molar-refractivity contribution in [1.29, 1.82) is 0 Å². The van der Waals surface area contributed by atoms with E-state index in [1.807, 2.05) is 0 Å². The Kier molecular flexibility index (Phi) is 6.10. The van der Waals surface area contributed by atoms with Crippen molar-refractivity contribution in [2.75, 3.05) is 20.2 Å². The second kappa shape index (κ2) is 7.58. The Labute approximate surface area is 120 Å². The minimum absolute atomic E-state index is 0.190. The van der Waals surface area contributed by atoms with Crippen LogP contribution in [0.15, 0.2) is 0 Å². The van der Waals surface area contributed by atoms with E-state index in [1.54, 1.807) is 0 Å². The molecule has 9 nitrogen and oxygen atoms in total. The van der Waals surface area contributed by atoms with Gasteiger partial charge in [0.2, 0.25) is 0 Å². The maximum atomic E-state index is 11.9. The lowest BCUT2D eigenvalue weighted by atomic mass is 10.0. The quantitative estimate of drug-likeness (QED) is 0.536. The summed E-state index contributed by atoms with van der Waals surface area (Å²) in [5.74, 6) is -4.43. The van der Waals surface area contributed by atoms with Crippen LogP contribution in [0.5, 0.6) is 0 Å². The van der Waals surface area contributed by atoms with Gasteiger partial charge in [-0.2, -0.15) is 0 Å². The zero-order valence-corrected chi connectivity index (χ0v) is 11.6. The number of carbonyl (C=O) groups excluding carboxylic acids is 2. The summed E-state index contributed by atoms with van der Waals surface area (Å²) in [6, 6.07) is -1.02. The van der Waals surface area contributed by atoms with E-state index < -0.39 is 35.9 Å². The maximum absolute atomic E-state index is 11.9. The Balaban J connectivity index is 2.62. The molecule has 0 saturated carbocycles. The number of amides is 2. The van der Waals surface area contributed by atoms with E-state index >= 15 is 0 Å². The van der Waals surface area contributed by atoms with Crippen molar-refractivity contribution < 1.29 is 34.1 Å². The maximum Gasteiger partial charge on any atom is 0.334 e. The summed E-state index contributed by atoms with van der Waals surface area (Å²) in [5, 5.41) is 19.9. The lowest BCUT2D eigenvalue weighted by Crippen LogP contribution is -2.53. The third-order valence-corrected chi connectivity index (χ3v) is 3.25. The van der Waals surface area contributed by atoms with E-state index in [9.17, 15) is 19.2 Å². The molecule has 1 aliphatic rings. The van der Waals surface area contributed by atoms with E-state index in [-0.39, 0.29) is 13.1 Å². The summed E-state index contributed by atoms with van der Waals surface area (Å²) >= 11 is 0. The highest BCUT2D eigenvalue weighted by molar-refractivity contribution is 6.35. The molecule has 0 aromatic rings. The summed E-state index contributed by atoms with van der Waals surface area (Å²) in [6.07, 6.45) is 0.328. The normalized spacial score (nSPS) is 19.7. The standard InChI is InChI=1S/C12H18N2O7/c1-21-8(12(19)20)6-13-9(15)10(16)14-5-3-2-4-7(14)11(17)18/h7-8H,2-6H2,1H3,(H,13,15)(H,17,18)(H,19,20)/t7-,8?/m0/s1. The average molecular weight is 302 g/mol. The van der Waals surface area contributed by atoms with Crippen LogP contribution < -0.4 is 5.32 Å². The molecular weight excluding hydrogens is 284 g/mol. The molecule has 9 heteroatoms. The first-order valence-electron chi connectivity index (χ1n) is 6.45. The van der Waals surface area contributed by atoms with Gasteiger partial charge in [0.1, 0.15) is 6.04 Å². The number of hydrogen-bond acceptors (Lipinski definition) is 5. The number of piperidine rings is 1. The van der Waals surface area contributed by atoms with Crippen LogP contribution in [-0.2, 0) is 23.9 Å². The Morgan fingerprint density at radius 1 is 1.29 bits per heavy atom. The van der Waals surface area contributed by atoms with E-state index in [0.29, 0.717) is 19.3 Å². The number of ether oxygens (including phenoxy) is 1. The van der Waals surface area contributed by atoms with Crippen LogP contribution in [-0.4, -0.2) is 71.2 Å². The largest absolute Gasteiger partial charge is 0.480 e. The number of nitrogens with zero attached hydrogens (tertiary/aromatic N) is 1. The number of carbonyl (C=O) groups is 4. The third-order valence-electron chi connectivity index (χ3n) is 3.25. The van der Waals surface area contributed by atoms with Gasteiger partial charge >= 0.3 is 23.8 Å². The molecule has 0 aromatic carbocycles. The second-order valence-electron chi connectivity index (χ2n) is 4.62. The zero-order chi connectivity index (χ0) is 16.0. The molecule has 1 saturated heterocycles. The van der Waals surface area contributed by atoms with Crippen LogP contribution >= 0.6 is 0 Å². The summed E-state index contributed by atoms with van der Waals surface area (Å²) < 4.78 is 4.61. The first-order chi connectivity index (χ1) is 9.88. The van der Waals surface area contributed by atoms with Gasteiger partial charge in [-0.05, 0) is 19.3 Å². The van der Waals surface area contributed by atoms with Crippen molar-refractivity contribution >= 4 is 23.8 Å². The number of likely N-dealkylation sites (tertiary alicyclic amines) is 1. The number of carboxylic acids is 2. The molecular formula is C12H18N2O7. The lowest BCUT2D eigenvalue weighted by molar-refractivity contribution is -0.156. The van der Waals surface area contributed by atoms with E-state index in [2.05, 4.69) is 10.1 Å². The topological polar surface area (TPSA) is 133 Å². The Morgan fingerprint density at radius 2 is 1.95 bits per heavy atom. The third kappa shape index (κ3) is 4.42. The van der Waals surface area contributed by atoms with Crippen LogP contribution in [0.1, 0.15) is 19.3 Å². The van der Waals surface area contributed by atoms with Crippen molar-refractivity contribution in [1.82, 2.24) is 10.2 Å². The molecule has 1 heterocycles. The summed E-state index contributed by atoms with van der Waals surface area (Å²) in [5.41, 5.74) is 0. The van der Waals surface area contributed by atoms with Gasteiger partial charge < -0.3 is 25.2 Å². The van der Waals surface area contributed by atoms with Crippen molar-refractivity contribution in [2.45, 2.75) is 31.4 Å². The number of carboxylic acid groups (broad SMARTS) is 2. The molecule has 2 amide bonds. The van der Waals surface area contributed by atoms with Gasteiger partial charge in [0.15, 0.2) is 6.10 Å². The molecule has 0 aromatic heterocycles. The predicted molar refractivity (Wildman–Crippen MR) is 68.4 cm³/mol. The molecule has 1 aliphatic heterocycles. The Hall–Kier alpha value is -2.16. The van der Waals surface area contributed by atoms with Gasteiger partial charge in [0.05, 0.1) is 6.54 Å². The predicted octanol–water partition coefficient (Wildman–Crippen LogP) is -1.33. The van der Waals surface area contributed by atoms with Crippen molar-refractivity contribution in [3.05, 3.63) is 0 Å². The monoisotopic (exact) mass is 302 g/mol. The fourth-order valence-electron chi connectivity index (χ4n) is 2.09. The zero-order valence-electron chi connectivity index (χ0n) is 11.6.